The van der Waals surface area contributed by atoms with Crippen LogP contribution in [0.2, 0.25) is 5.02 Å². The lowest BCUT2D eigenvalue weighted by Crippen LogP contribution is -2.33. The van der Waals surface area contributed by atoms with E-state index in [1.807, 2.05) is 48.5 Å². The fourth-order valence-corrected chi connectivity index (χ4v) is 2.94. The van der Waals surface area contributed by atoms with Crippen LogP contribution < -0.4 is 10.1 Å². The summed E-state index contributed by atoms with van der Waals surface area (Å²) >= 11 is 5.97. The van der Waals surface area contributed by atoms with Crippen molar-refractivity contribution in [3.05, 3.63) is 101 Å². The van der Waals surface area contributed by atoms with E-state index >= 15 is 0 Å². The molecule has 0 spiro atoms. The first-order valence-corrected chi connectivity index (χ1v) is 9.81. The number of rotatable bonds is 8. The van der Waals surface area contributed by atoms with Crippen molar-refractivity contribution in [1.29, 1.82) is 5.26 Å². The molecule has 1 unspecified atom stereocenters. The van der Waals surface area contributed by atoms with Crippen LogP contribution in [0.15, 0.2) is 78.9 Å². The summed E-state index contributed by atoms with van der Waals surface area (Å²) in [5, 5.41) is 12.3. The molecule has 0 bridgehead atoms. The molecule has 0 heterocycles. The Hall–Kier alpha value is -3.82. The van der Waals surface area contributed by atoms with Gasteiger partial charge in [0.1, 0.15) is 5.75 Å². The fourth-order valence-electron chi connectivity index (χ4n) is 2.82. The van der Waals surface area contributed by atoms with Gasteiger partial charge in [-0.15, -0.1) is 0 Å². The summed E-state index contributed by atoms with van der Waals surface area (Å²) in [5.41, 5.74) is 2.22. The molecule has 1 amide bonds. The Labute approximate surface area is 185 Å². The van der Waals surface area contributed by atoms with Crippen molar-refractivity contribution in [2.24, 2.45) is 0 Å². The Kier molecular flexibility index (Phi) is 7.63. The van der Waals surface area contributed by atoms with Gasteiger partial charge < -0.3 is 14.8 Å². The van der Waals surface area contributed by atoms with Crippen LogP contribution in [0.25, 0.3) is 0 Å². The molecule has 0 aliphatic heterocycles. The highest BCUT2D eigenvalue weighted by atomic mass is 35.5. The number of carbonyl (C=O) groups excluding carboxylic acids is 2. The maximum absolute atomic E-state index is 12.4. The normalized spacial score (nSPS) is 11.1. The third kappa shape index (κ3) is 6.59. The molecular formula is C24H19ClN2O4. The molecule has 7 heteroatoms. The first-order chi connectivity index (χ1) is 15.0. The van der Waals surface area contributed by atoms with Crippen molar-refractivity contribution in [3.63, 3.8) is 0 Å². The van der Waals surface area contributed by atoms with Crippen LogP contribution in [0.1, 0.15) is 22.7 Å². The monoisotopic (exact) mass is 434 g/mol. The maximum Gasteiger partial charge on any atom is 0.344 e. The molecule has 0 radical (unpaired) electrons. The third-order valence-electron chi connectivity index (χ3n) is 4.35. The smallest absolute Gasteiger partial charge is 0.344 e. The lowest BCUT2D eigenvalue weighted by atomic mass is 9.99. The molecule has 0 saturated carbocycles. The Bertz CT molecular complexity index is 1060. The van der Waals surface area contributed by atoms with Gasteiger partial charge in [-0.3, -0.25) is 4.79 Å². The number of benzene rings is 3. The molecule has 1 N–H and O–H groups in total. The Morgan fingerprint density at radius 2 is 1.55 bits per heavy atom. The molecule has 3 aromatic carbocycles. The number of amides is 1. The molecule has 3 rings (SSSR count). The van der Waals surface area contributed by atoms with Gasteiger partial charge in [-0.05, 0) is 47.5 Å². The van der Waals surface area contributed by atoms with Gasteiger partial charge in [0.05, 0.1) is 17.7 Å². The van der Waals surface area contributed by atoms with Crippen molar-refractivity contribution in [3.8, 4) is 11.8 Å². The van der Waals surface area contributed by atoms with E-state index in [1.165, 1.54) is 0 Å². The first kappa shape index (κ1) is 21.9. The predicted molar refractivity (Wildman–Crippen MR) is 115 cm³/mol. The number of nitriles is 1. The van der Waals surface area contributed by atoms with Gasteiger partial charge in [0, 0.05) is 5.02 Å². The molecule has 0 aromatic heterocycles. The molecular weight excluding hydrogens is 416 g/mol. The molecule has 0 aliphatic carbocycles. The zero-order valence-corrected chi connectivity index (χ0v) is 17.2. The number of esters is 1. The van der Waals surface area contributed by atoms with Crippen LogP contribution >= 0.6 is 11.6 Å². The average Bonchev–Trinajstić information content (AvgIpc) is 2.81. The highest BCUT2D eigenvalue weighted by Crippen LogP contribution is 2.23. The van der Waals surface area contributed by atoms with Gasteiger partial charge in [0.15, 0.2) is 13.2 Å². The minimum absolute atomic E-state index is 0.349. The van der Waals surface area contributed by atoms with Crippen LogP contribution in [0.4, 0.5) is 0 Å². The molecule has 31 heavy (non-hydrogen) atoms. The van der Waals surface area contributed by atoms with Crippen LogP contribution in [0, 0.1) is 11.3 Å². The Balaban J connectivity index is 1.54. The van der Waals surface area contributed by atoms with Gasteiger partial charge >= 0.3 is 5.97 Å². The minimum atomic E-state index is -0.678. The second-order valence-corrected chi connectivity index (χ2v) is 6.98. The number of carbonyl (C=O) groups is 2. The summed E-state index contributed by atoms with van der Waals surface area (Å²) < 4.78 is 10.3. The third-order valence-corrected chi connectivity index (χ3v) is 4.60. The first-order valence-electron chi connectivity index (χ1n) is 9.43. The van der Waals surface area contributed by atoms with Crippen molar-refractivity contribution in [2.75, 3.05) is 13.2 Å². The van der Waals surface area contributed by atoms with Crippen molar-refractivity contribution < 1.29 is 19.1 Å². The van der Waals surface area contributed by atoms with Gasteiger partial charge in [0.25, 0.3) is 5.91 Å². The van der Waals surface area contributed by atoms with E-state index in [0.29, 0.717) is 16.3 Å². The van der Waals surface area contributed by atoms with Crippen molar-refractivity contribution >= 4 is 23.5 Å². The molecule has 6 nitrogen and oxygen atoms in total. The summed E-state index contributed by atoms with van der Waals surface area (Å²) in [6.07, 6.45) is 0. The van der Waals surface area contributed by atoms with Gasteiger partial charge in [-0.25, -0.2) is 4.79 Å². The number of hydrogen-bond acceptors (Lipinski definition) is 5. The zero-order chi connectivity index (χ0) is 22.1. The van der Waals surface area contributed by atoms with Crippen LogP contribution in [0.5, 0.6) is 5.75 Å². The number of nitrogens with zero attached hydrogens (tertiary/aromatic N) is 1. The summed E-state index contributed by atoms with van der Waals surface area (Å²) in [7, 11) is 0. The summed E-state index contributed by atoms with van der Waals surface area (Å²) in [4.78, 5) is 24.3. The second kappa shape index (κ2) is 10.8. The maximum atomic E-state index is 12.4. The number of hydrogen-bond donors (Lipinski definition) is 1. The summed E-state index contributed by atoms with van der Waals surface area (Å²) in [5.74, 6) is -0.704. The van der Waals surface area contributed by atoms with Gasteiger partial charge in [0.2, 0.25) is 0 Å². The highest BCUT2D eigenvalue weighted by Gasteiger charge is 2.18. The van der Waals surface area contributed by atoms with Crippen molar-refractivity contribution in [1.82, 2.24) is 5.32 Å². The molecule has 1 atom stereocenters. The topological polar surface area (TPSA) is 88.4 Å². The SMILES string of the molecule is N#Cc1ccc(OCC(=O)OCC(=O)NC(c2ccccc2)c2ccc(Cl)cc2)cc1. The van der Waals surface area contributed by atoms with E-state index < -0.39 is 24.5 Å². The zero-order valence-electron chi connectivity index (χ0n) is 16.5. The molecule has 156 valence electrons. The average molecular weight is 435 g/mol. The highest BCUT2D eigenvalue weighted by molar-refractivity contribution is 6.30. The standard InChI is InChI=1S/C24H19ClN2O4/c25-20-10-8-19(9-11-20)24(18-4-2-1-3-5-18)27-22(28)15-31-23(29)16-30-21-12-6-17(14-26)7-13-21/h1-13,24H,15-16H2,(H,27,28). The molecule has 0 saturated heterocycles. The van der Waals surface area contributed by atoms with E-state index in [0.717, 1.165) is 11.1 Å². The van der Waals surface area contributed by atoms with E-state index in [-0.39, 0.29) is 6.61 Å². The lowest BCUT2D eigenvalue weighted by molar-refractivity contribution is -0.150. The van der Waals surface area contributed by atoms with Crippen LogP contribution in [-0.2, 0) is 14.3 Å². The van der Waals surface area contributed by atoms with Crippen molar-refractivity contribution in [2.45, 2.75) is 6.04 Å². The molecule has 3 aromatic rings. The predicted octanol–water partition coefficient (Wildman–Crippen LogP) is 4.04. The van der Waals surface area contributed by atoms with E-state index in [4.69, 9.17) is 26.3 Å². The number of nitrogens with one attached hydrogen (secondary N) is 1. The molecule has 0 fully saturated rings. The van der Waals surface area contributed by atoms with E-state index in [2.05, 4.69) is 5.32 Å². The van der Waals surface area contributed by atoms with Gasteiger partial charge in [-0.1, -0.05) is 54.1 Å². The second-order valence-electron chi connectivity index (χ2n) is 6.55. The summed E-state index contributed by atoms with van der Waals surface area (Å²) in [6.45, 7) is -0.787. The number of ether oxygens (including phenoxy) is 2. The van der Waals surface area contributed by atoms with Crippen LogP contribution in [0.3, 0.4) is 0 Å². The quantitative estimate of drug-likeness (QED) is 0.540. The Morgan fingerprint density at radius 1 is 0.903 bits per heavy atom. The number of halogens is 1. The summed E-state index contributed by atoms with van der Waals surface area (Å²) in [6, 6.07) is 24.5. The Morgan fingerprint density at radius 3 is 2.19 bits per heavy atom. The fraction of sp³-hybridized carbons (Fsp3) is 0.125. The largest absolute Gasteiger partial charge is 0.482 e. The van der Waals surface area contributed by atoms with Gasteiger partial charge in [-0.2, -0.15) is 5.26 Å². The molecule has 0 aliphatic rings. The lowest BCUT2D eigenvalue weighted by Gasteiger charge is -2.20. The minimum Gasteiger partial charge on any atom is -0.482 e. The van der Waals surface area contributed by atoms with E-state index in [1.54, 1.807) is 36.4 Å². The van der Waals surface area contributed by atoms with Crippen LogP contribution in [-0.4, -0.2) is 25.1 Å². The van der Waals surface area contributed by atoms with E-state index in [9.17, 15) is 9.59 Å².